The topological polar surface area (TPSA) is 30.7 Å². The fourth-order valence-electron chi connectivity index (χ4n) is 6.53. The van der Waals surface area contributed by atoms with Gasteiger partial charge in [0.1, 0.15) is 5.82 Å². The molecule has 8 aromatic rings. The van der Waals surface area contributed by atoms with E-state index in [4.69, 9.17) is 4.98 Å². The van der Waals surface area contributed by atoms with Crippen molar-refractivity contribution in [2.45, 2.75) is 13.3 Å². The maximum atomic E-state index is 4.89. The van der Waals surface area contributed by atoms with Crippen LogP contribution in [0.4, 0.5) is 0 Å². The molecule has 8 rings (SSSR count). The zero-order valence-corrected chi connectivity index (χ0v) is 23.9. The smallest absolute Gasteiger partial charge is 0.114 e. The minimum atomic E-state index is 0.871. The van der Waals surface area contributed by atoms with Crippen LogP contribution in [0.3, 0.4) is 0 Å². The lowest BCUT2D eigenvalue weighted by Crippen LogP contribution is -2.00. The highest BCUT2D eigenvalue weighted by Gasteiger charge is 2.17. The third-order valence-electron chi connectivity index (χ3n) is 8.46. The van der Waals surface area contributed by atoms with E-state index in [9.17, 15) is 0 Å². The van der Waals surface area contributed by atoms with Gasteiger partial charge in [0.25, 0.3) is 0 Å². The van der Waals surface area contributed by atoms with Crippen LogP contribution in [0.25, 0.3) is 71.6 Å². The van der Waals surface area contributed by atoms with Gasteiger partial charge in [0, 0.05) is 24.5 Å². The highest BCUT2D eigenvalue weighted by molar-refractivity contribution is 6.21. The Bertz CT molecular complexity index is 2200. The number of para-hydroxylation sites is 2. The molecule has 3 heteroatoms. The van der Waals surface area contributed by atoms with Crippen molar-refractivity contribution < 1.29 is 0 Å². The Morgan fingerprint density at radius 1 is 0.512 bits per heavy atom. The highest BCUT2D eigenvalue weighted by atomic mass is 15.1. The van der Waals surface area contributed by atoms with Gasteiger partial charge in [0.05, 0.1) is 11.0 Å². The molecule has 0 fully saturated rings. The van der Waals surface area contributed by atoms with Crippen LogP contribution in [-0.2, 0) is 6.42 Å². The highest BCUT2D eigenvalue weighted by Crippen LogP contribution is 2.44. The standard InChI is InChI=1S/C40H29N3/c1-2-38-42-36-16-7-8-17-37(36)43(38)31-20-18-28(19-21-31)39-32-12-3-5-14-34(32)40(35-15-6-4-13-33(35)39)30-11-9-10-29(26-30)27-22-24-41-25-23-27/h3-26H,2H2,1H3. The molecule has 0 aliphatic heterocycles. The molecular weight excluding hydrogens is 522 g/mol. The third-order valence-corrected chi connectivity index (χ3v) is 8.46. The lowest BCUT2D eigenvalue weighted by atomic mass is 9.85. The Balaban J connectivity index is 1.33. The number of fused-ring (bicyclic) bond motifs is 3. The number of aromatic nitrogens is 3. The van der Waals surface area contributed by atoms with Crippen molar-refractivity contribution in [3.05, 3.63) is 152 Å². The number of rotatable bonds is 5. The number of pyridine rings is 1. The molecule has 0 N–H and O–H groups in total. The van der Waals surface area contributed by atoms with Crippen LogP contribution in [0.15, 0.2) is 146 Å². The van der Waals surface area contributed by atoms with E-state index < -0.39 is 0 Å². The summed E-state index contributed by atoms with van der Waals surface area (Å²) < 4.78 is 2.29. The summed E-state index contributed by atoms with van der Waals surface area (Å²) in [6, 6.07) is 48.0. The summed E-state index contributed by atoms with van der Waals surface area (Å²) in [5.74, 6) is 1.07. The number of nitrogens with zero attached hydrogens (tertiary/aromatic N) is 3. The summed E-state index contributed by atoms with van der Waals surface area (Å²) in [7, 11) is 0. The molecule has 0 aliphatic carbocycles. The fraction of sp³-hybridized carbons (Fsp3) is 0.0500. The quantitative estimate of drug-likeness (QED) is 0.199. The molecule has 43 heavy (non-hydrogen) atoms. The first-order valence-corrected chi connectivity index (χ1v) is 14.8. The molecule has 0 amide bonds. The first-order chi connectivity index (χ1) is 21.3. The van der Waals surface area contributed by atoms with Crippen LogP contribution < -0.4 is 0 Å². The van der Waals surface area contributed by atoms with Crippen molar-refractivity contribution in [1.82, 2.24) is 14.5 Å². The Morgan fingerprint density at radius 2 is 1.09 bits per heavy atom. The molecule has 0 aliphatic rings. The van der Waals surface area contributed by atoms with Gasteiger partial charge in [0.2, 0.25) is 0 Å². The van der Waals surface area contributed by atoms with Crippen molar-refractivity contribution in [2.75, 3.05) is 0 Å². The molecular formula is C40H29N3. The van der Waals surface area contributed by atoms with Crippen LogP contribution >= 0.6 is 0 Å². The molecule has 2 aromatic heterocycles. The summed E-state index contributed by atoms with van der Waals surface area (Å²) in [5.41, 5.74) is 10.6. The van der Waals surface area contributed by atoms with Gasteiger partial charge in [-0.25, -0.2) is 4.98 Å². The zero-order chi connectivity index (χ0) is 28.8. The van der Waals surface area contributed by atoms with Gasteiger partial charge < -0.3 is 0 Å². The van der Waals surface area contributed by atoms with Gasteiger partial charge in [-0.3, -0.25) is 9.55 Å². The van der Waals surface area contributed by atoms with Crippen molar-refractivity contribution in [2.24, 2.45) is 0 Å². The van der Waals surface area contributed by atoms with E-state index in [2.05, 4.69) is 150 Å². The lowest BCUT2D eigenvalue weighted by molar-refractivity contribution is 0.908. The van der Waals surface area contributed by atoms with E-state index >= 15 is 0 Å². The minimum Gasteiger partial charge on any atom is -0.296 e. The molecule has 0 atom stereocenters. The Hall–Kier alpha value is -5.54. The molecule has 6 aromatic carbocycles. The summed E-state index contributed by atoms with van der Waals surface area (Å²) in [6.45, 7) is 2.17. The van der Waals surface area contributed by atoms with E-state index in [0.717, 1.165) is 29.0 Å². The average Bonchev–Trinajstić information content (AvgIpc) is 3.46. The fourth-order valence-corrected chi connectivity index (χ4v) is 6.53. The van der Waals surface area contributed by atoms with Crippen molar-refractivity contribution in [1.29, 1.82) is 0 Å². The predicted octanol–water partition coefficient (Wildman–Crippen LogP) is 10.3. The molecule has 0 radical (unpaired) electrons. The molecule has 0 spiro atoms. The van der Waals surface area contributed by atoms with Gasteiger partial charge >= 0.3 is 0 Å². The molecule has 0 bridgehead atoms. The molecule has 0 saturated heterocycles. The summed E-state index contributed by atoms with van der Waals surface area (Å²) in [4.78, 5) is 9.10. The molecule has 0 saturated carbocycles. The maximum Gasteiger partial charge on any atom is 0.114 e. The number of hydrogen-bond acceptors (Lipinski definition) is 2. The van der Waals surface area contributed by atoms with Crippen molar-refractivity contribution in [3.63, 3.8) is 0 Å². The average molecular weight is 552 g/mol. The van der Waals surface area contributed by atoms with Gasteiger partial charge in [-0.05, 0) is 97.4 Å². The van der Waals surface area contributed by atoms with Crippen LogP contribution in [0.5, 0.6) is 0 Å². The third kappa shape index (κ3) is 4.21. The SMILES string of the molecule is CCc1nc2ccccc2n1-c1ccc(-c2c3ccccc3c(-c3cccc(-c4ccncc4)c3)c3ccccc23)cc1. The van der Waals surface area contributed by atoms with Crippen LogP contribution in [0.1, 0.15) is 12.7 Å². The predicted molar refractivity (Wildman–Crippen MR) is 180 cm³/mol. The van der Waals surface area contributed by atoms with Crippen LogP contribution in [-0.4, -0.2) is 14.5 Å². The molecule has 2 heterocycles. The van der Waals surface area contributed by atoms with E-state index in [-0.39, 0.29) is 0 Å². The summed E-state index contributed by atoms with van der Waals surface area (Å²) in [6.07, 6.45) is 4.58. The second-order valence-corrected chi connectivity index (χ2v) is 10.9. The first kappa shape index (κ1) is 25.2. The number of benzene rings is 6. The van der Waals surface area contributed by atoms with Gasteiger partial charge in [-0.2, -0.15) is 0 Å². The van der Waals surface area contributed by atoms with Gasteiger partial charge in [0.15, 0.2) is 0 Å². The Morgan fingerprint density at radius 3 is 1.74 bits per heavy atom. The van der Waals surface area contributed by atoms with Gasteiger partial charge in [-0.1, -0.05) is 97.9 Å². The molecule has 204 valence electrons. The molecule has 0 unspecified atom stereocenters. The van der Waals surface area contributed by atoms with Crippen LogP contribution in [0.2, 0.25) is 0 Å². The first-order valence-electron chi connectivity index (χ1n) is 14.8. The minimum absolute atomic E-state index is 0.871. The van der Waals surface area contributed by atoms with E-state index in [1.807, 2.05) is 12.4 Å². The zero-order valence-electron chi connectivity index (χ0n) is 23.9. The second kappa shape index (κ2) is 10.4. The number of imidazole rings is 1. The second-order valence-electron chi connectivity index (χ2n) is 10.9. The molecule has 3 nitrogen and oxygen atoms in total. The van der Waals surface area contributed by atoms with Crippen LogP contribution in [0, 0.1) is 0 Å². The number of aryl methyl sites for hydroxylation is 1. The lowest BCUT2D eigenvalue weighted by Gasteiger charge is -2.18. The normalized spacial score (nSPS) is 11.5. The maximum absolute atomic E-state index is 4.89. The number of hydrogen-bond donors (Lipinski definition) is 0. The van der Waals surface area contributed by atoms with Crippen molar-refractivity contribution >= 4 is 32.6 Å². The largest absolute Gasteiger partial charge is 0.296 e. The van der Waals surface area contributed by atoms with E-state index in [0.29, 0.717) is 0 Å². The summed E-state index contributed by atoms with van der Waals surface area (Å²) in [5, 5.41) is 5.00. The summed E-state index contributed by atoms with van der Waals surface area (Å²) >= 11 is 0. The Labute approximate surface area is 250 Å². The van der Waals surface area contributed by atoms with Gasteiger partial charge in [-0.15, -0.1) is 0 Å². The Kier molecular flexibility index (Phi) is 6.08. The van der Waals surface area contributed by atoms with E-state index in [1.54, 1.807) is 0 Å². The monoisotopic (exact) mass is 551 g/mol. The van der Waals surface area contributed by atoms with E-state index in [1.165, 1.54) is 54.9 Å². The van der Waals surface area contributed by atoms with Crippen molar-refractivity contribution in [3.8, 4) is 39.1 Å².